The maximum atomic E-state index is 4.11. The summed E-state index contributed by atoms with van der Waals surface area (Å²) in [4.78, 5) is 0. The second-order valence-corrected chi connectivity index (χ2v) is 5.59. The number of halogens is 1. The molecule has 4 nitrogen and oxygen atoms in total. The molecule has 1 saturated carbocycles. The Morgan fingerprint density at radius 1 is 1.41 bits per heavy atom. The third kappa shape index (κ3) is 2.88. The van der Waals surface area contributed by atoms with Crippen molar-refractivity contribution in [2.24, 2.45) is 7.05 Å². The summed E-state index contributed by atoms with van der Waals surface area (Å²) in [6.45, 7) is 3.32. The Morgan fingerprint density at radius 2 is 2.18 bits per heavy atom. The summed E-state index contributed by atoms with van der Waals surface area (Å²) in [5, 5.41) is 11.9. The maximum Gasteiger partial charge on any atom is 0.151 e. The van der Waals surface area contributed by atoms with Gasteiger partial charge in [-0.05, 0) is 41.7 Å². The van der Waals surface area contributed by atoms with Gasteiger partial charge in [-0.2, -0.15) is 0 Å². The van der Waals surface area contributed by atoms with Crippen LogP contribution in [-0.4, -0.2) is 27.6 Å². The zero-order chi connectivity index (χ0) is 12.3. The average molecular weight is 301 g/mol. The van der Waals surface area contributed by atoms with E-state index in [1.54, 1.807) is 0 Å². The Morgan fingerprint density at radius 3 is 2.82 bits per heavy atom. The Bertz CT molecular complexity index is 344. The molecule has 0 amide bonds. The van der Waals surface area contributed by atoms with Gasteiger partial charge >= 0.3 is 0 Å². The minimum Gasteiger partial charge on any atom is -0.313 e. The van der Waals surface area contributed by atoms with Crippen LogP contribution in [0.2, 0.25) is 0 Å². The number of hydrogen-bond acceptors (Lipinski definition) is 3. The first kappa shape index (κ1) is 13.0. The van der Waals surface area contributed by atoms with E-state index >= 15 is 0 Å². The van der Waals surface area contributed by atoms with E-state index in [1.165, 1.54) is 37.8 Å². The van der Waals surface area contributed by atoms with E-state index < -0.39 is 0 Å². The lowest BCUT2D eigenvalue weighted by atomic mass is 9.82. The van der Waals surface area contributed by atoms with Crippen molar-refractivity contribution >= 4 is 15.9 Å². The summed E-state index contributed by atoms with van der Waals surface area (Å²) in [6.07, 6.45) is 6.34. The third-order valence-electron chi connectivity index (χ3n) is 3.60. The highest BCUT2D eigenvalue weighted by Crippen LogP contribution is 2.35. The summed E-state index contributed by atoms with van der Waals surface area (Å²) < 4.78 is 2.83. The number of nitrogens with one attached hydrogen (secondary N) is 1. The fourth-order valence-corrected chi connectivity index (χ4v) is 3.39. The molecule has 1 N–H and O–H groups in total. The lowest BCUT2D eigenvalue weighted by Gasteiger charge is -2.32. The van der Waals surface area contributed by atoms with E-state index in [0.717, 1.165) is 11.1 Å². The zero-order valence-electron chi connectivity index (χ0n) is 10.6. The Balaban J connectivity index is 2.15. The molecule has 2 unspecified atom stereocenters. The first-order valence-corrected chi connectivity index (χ1v) is 7.31. The SMILES string of the molecule is CCCNC1CCCCC1c1c(Br)nnn1C. The van der Waals surface area contributed by atoms with E-state index in [-0.39, 0.29) is 0 Å². The summed E-state index contributed by atoms with van der Waals surface area (Å²) in [7, 11) is 1.98. The Kier molecular flexibility index (Phi) is 4.56. The predicted molar refractivity (Wildman–Crippen MR) is 72.0 cm³/mol. The molecule has 1 fully saturated rings. The molecular weight excluding hydrogens is 280 g/mol. The molecule has 0 aliphatic heterocycles. The van der Waals surface area contributed by atoms with Crippen LogP contribution in [0.15, 0.2) is 4.60 Å². The molecule has 0 spiro atoms. The minimum absolute atomic E-state index is 0.546. The quantitative estimate of drug-likeness (QED) is 0.929. The zero-order valence-corrected chi connectivity index (χ0v) is 12.2. The highest BCUT2D eigenvalue weighted by molar-refractivity contribution is 9.10. The molecule has 1 aliphatic rings. The van der Waals surface area contributed by atoms with Gasteiger partial charge in [-0.1, -0.05) is 25.0 Å². The van der Waals surface area contributed by atoms with Crippen LogP contribution >= 0.6 is 15.9 Å². The molecule has 0 aromatic carbocycles. The molecule has 1 heterocycles. The van der Waals surface area contributed by atoms with Gasteiger partial charge in [0.25, 0.3) is 0 Å². The van der Waals surface area contributed by atoms with Crippen molar-refractivity contribution in [2.75, 3.05) is 6.54 Å². The normalized spacial score (nSPS) is 25.1. The van der Waals surface area contributed by atoms with Crippen LogP contribution in [0.5, 0.6) is 0 Å². The monoisotopic (exact) mass is 300 g/mol. The first-order chi connectivity index (χ1) is 8.24. The van der Waals surface area contributed by atoms with E-state index in [4.69, 9.17) is 0 Å². The predicted octanol–water partition coefficient (Wildman–Crippen LogP) is 2.60. The summed E-state index contributed by atoms with van der Waals surface area (Å²) in [5.41, 5.74) is 1.25. The third-order valence-corrected chi connectivity index (χ3v) is 4.17. The van der Waals surface area contributed by atoms with Crippen LogP contribution < -0.4 is 5.32 Å². The number of aromatic nitrogens is 3. The number of aryl methyl sites for hydroxylation is 1. The second kappa shape index (κ2) is 5.96. The van der Waals surface area contributed by atoms with Crippen molar-refractivity contribution in [1.29, 1.82) is 0 Å². The molecule has 1 aromatic rings. The van der Waals surface area contributed by atoms with Crippen LogP contribution in [-0.2, 0) is 7.05 Å². The smallest absolute Gasteiger partial charge is 0.151 e. The molecule has 96 valence electrons. The van der Waals surface area contributed by atoms with Gasteiger partial charge in [-0.15, -0.1) is 5.10 Å². The van der Waals surface area contributed by atoms with Gasteiger partial charge in [0.05, 0.1) is 5.69 Å². The van der Waals surface area contributed by atoms with Crippen LogP contribution in [0.25, 0.3) is 0 Å². The number of hydrogen-bond donors (Lipinski definition) is 1. The van der Waals surface area contributed by atoms with E-state index in [0.29, 0.717) is 12.0 Å². The van der Waals surface area contributed by atoms with Crippen LogP contribution in [0.1, 0.15) is 50.6 Å². The first-order valence-electron chi connectivity index (χ1n) is 6.52. The molecule has 0 bridgehead atoms. The minimum atomic E-state index is 0.546. The number of nitrogens with zero attached hydrogens (tertiary/aromatic N) is 3. The molecule has 0 saturated heterocycles. The summed E-state index contributed by atoms with van der Waals surface area (Å²) in [6, 6.07) is 0.581. The van der Waals surface area contributed by atoms with Gasteiger partial charge in [0.2, 0.25) is 0 Å². The molecule has 1 aromatic heterocycles. The Labute approximate surface area is 111 Å². The lowest BCUT2D eigenvalue weighted by Crippen LogP contribution is -2.38. The van der Waals surface area contributed by atoms with Crippen LogP contribution in [0.4, 0.5) is 0 Å². The Hall–Kier alpha value is -0.420. The van der Waals surface area contributed by atoms with E-state index in [1.807, 2.05) is 11.7 Å². The molecule has 2 rings (SSSR count). The van der Waals surface area contributed by atoms with Crippen molar-refractivity contribution in [3.05, 3.63) is 10.3 Å². The standard InChI is InChI=1S/C12H21BrN4/c1-3-8-14-10-7-5-4-6-9(10)11-12(13)15-16-17(11)2/h9-10,14H,3-8H2,1-2H3. The van der Waals surface area contributed by atoms with Crippen LogP contribution in [0, 0.1) is 0 Å². The fraction of sp³-hybridized carbons (Fsp3) is 0.833. The van der Waals surface area contributed by atoms with Crippen LogP contribution in [0.3, 0.4) is 0 Å². The van der Waals surface area contributed by atoms with Gasteiger partial charge in [0.15, 0.2) is 4.60 Å². The van der Waals surface area contributed by atoms with Gasteiger partial charge in [-0.3, -0.25) is 4.68 Å². The van der Waals surface area contributed by atoms with Gasteiger partial charge in [0, 0.05) is 19.0 Å². The molecule has 1 aliphatic carbocycles. The second-order valence-electron chi connectivity index (χ2n) is 4.84. The van der Waals surface area contributed by atoms with E-state index in [2.05, 4.69) is 38.5 Å². The van der Waals surface area contributed by atoms with E-state index in [9.17, 15) is 0 Å². The molecular formula is C12H21BrN4. The molecule has 5 heteroatoms. The molecule has 0 radical (unpaired) electrons. The highest BCUT2D eigenvalue weighted by atomic mass is 79.9. The van der Waals surface area contributed by atoms with Crippen molar-refractivity contribution in [2.45, 2.75) is 51.0 Å². The van der Waals surface area contributed by atoms with Gasteiger partial charge < -0.3 is 5.32 Å². The maximum absolute atomic E-state index is 4.11. The van der Waals surface area contributed by atoms with Crippen molar-refractivity contribution in [1.82, 2.24) is 20.3 Å². The average Bonchev–Trinajstić information content (AvgIpc) is 2.67. The lowest BCUT2D eigenvalue weighted by molar-refractivity contribution is 0.317. The van der Waals surface area contributed by atoms with Crippen molar-refractivity contribution < 1.29 is 0 Å². The topological polar surface area (TPSA) is 42.7 Å². The van der Waals surface area contributed by atoms with Gasteiger partial charge in [0.1, 0.15) is 0 Å². The summed E-state index contributed by atoms with van der Waals surface area (Å²) >= 11 is 3.53. The van der Waals surface area contributed by atoms with Gasteiger partial charge in [-0.25, -0.2) is 0 Å². The summed E-state index contributed by atoms with van der Waals surface area (Å²) in [5.74, 6) is 0.546. The largest absolute Gasteiger partial charge is 0.313 e. The molecule has 17 heavy (non-hydrogen) atoms. The molecule has 2 atom stereocenters. The fourth-order valence-electron chi connectivity index (χ4n) is 2.76. The van der Waals surface area contributed by atoms with Crippen molar-refractivity contribution in [3.8, 4) is 0 Å². The number of rotatable bonds is 4. The van der Waals surface area contributed by atoms with Crippen molar-refractivity contribution in [3.63, 3.8) is 0 Å². The highest BCUT2D eigenvalue weighted by Gasteiger charge is 2.30.